The van der Waals surface area contributed by atoms with Gasteiger partial charge < -0.3 is 10.2 Å². The molecule has 0 amide bonds. The lowest BCUT2D eigenvalue weighted by atomic mass is 9.95. The summed E-state index contributed by atoms with van der Waals surface area (Å²) >= 11 is 0. The van der Waals surface area contributed by atoms with Crippen LogP contribution in [0.1, 0.15) is 29.7 Å². The highest BCUT2D eigenvalue weighted by Gasteiger charge is 2.24. The Balaban J connectivity index is 1.87. The number of likely N-dealkylation sites (N-methyl/N-ethyl adjacent to an activating group) is 1. The molecule has 4 heteroatoms. The van der Waals surface area contributed by atoms with Crippen molar-refractivity contribution in [3.8, 4) is 0 Å². The fourth-order valence-electron chi connectivity index (χ4n) is 3.19. The summed E-state index contributed by atoms with van der Waals surface area (Å²) in [4.78, 5) is 6.94. The van der Waals surface area contributed by atoms with Gasteiger partial charge in [0.05, 0.1) is 0 Å². The van der Waals surface area contributed by atoms with Gasteiger partial charge in [0.2, 0.25) is 0 Å². The van der Waals surface area contributed by atoms with Crippen LogP contribution in [0.15, 0.2) is 18.2 Å². The van der Waals surface area contributed by atoms with Gasteiger partial charge in [-0.2, -0.15) is 0 Å². The second-order valence-electron chi connectivity index (χ2n) is 6.29. The average Bonchev–Trinajstić information content (AvgIpc) is 3.29. The van der Waals surface area contributed by atoms with E-state index in [4.69, 9.17) is 0 Å². The number of hydrogen-bond donors (Lipinski definition) is 1. The van der Waals surface area contributed by atoms with Gasteiger partial charge in [0.25, 0.3) is 0 Å². The predicted molar refractivity (Wildman–Crippen MR) is 81.6 cm³/mol. The molecule has 1 fully saturated rings. The van der Waals surface area contributed by atoms with Crippen molar-refractivity contribution in [2.75, 3.05) is 13.6 Å². The lowest BCUT2D eigenvalue weighted by Gasteiger charge is -2.27. The second kappa shape index (κ2) is 5.04. The molecule has 0 radical (unpaired) electrons. The Kier molecular flexibility index (Phi) is 3.16. The SMILES string of the molecule is CN1CCc2nc3c(F)cccc3c(CNC3CC3)c2C1. The summed E-state index contributed by atoms with van der Waals surface area (Å²) in [5, 5.41) is 4.55. The Morgan fingerprint density at radius 1 is 1.38 bits per heavy atom. The Labute approximate surface area is 124 Å². The Hall–Kier alpha value is -1.52. The molecule has 2 aromatic rings. The van der Waals surface area contributed by atoms with Gasteiger partial charge in [0, 0.05) is 43.2 Å². The zero-order chi connectivity index (χ0) is 14.4. The van der Waals surface area contributed by atoms with E-state index in [1.54, 1.807) is 6.07 Å². The third-order valence-corrected chi connectivity index (χ3v) is 4.57. The number of benzene rings is 1. The van der Waals surface area contributed by atoms with Crippen molar-refractivity contribution in [1.29, 1.82) is 0 Å². The van der Waals surface area contributed by atoms with Crippen LogP contribution in [0.2, 0.25) is 0 Å². The Bertz CT molecular complexity index is 694. The van der Waals surface area contributed by atoms with Crippen molar-refractivity contribution < 1.29 is 4.39 Å². The summed E-state index contributed by atoms with van der Waals surface area (Å²) in [7, 11) is 2.14. The summed E-state index contributed by atoms with van der Waals surface area (Å²) in [6, 6.07) is 5.96. The number of para-hydroxylation sites is 1. The van der Waals surface area contributed by atoms with E-state index in [-0.39, 0.29) is 5.82 Å². The van der Waals surface area contributed by atoms with Crippen LogP contribution < -0.4 is 5.32 Å². The van der Waals surface area contributed by atoms with Gasteiger partial charge >= 0.3 is 0 Å². The third kappa shape index (κ3) is 2.43. The minimum atomic E-state index is -0.207. The van der Waals surface area contributed by atoms with Crippen LogP contribution in [-0.2, 0) is 19.5 Å². The molecule has 3 nitrogen and oxygen atoms in total. The third-order valence-electron chi connectivity index (χ3n) is 4.57. The van der Waals surface area contributed by atoms with Gasteiger partial charge in [-0.3, -0.25) is 0 Å². The highest BCUT2D eigenvalue weighted by molar-refractivity contribution is 5.84. The summed E-state index contributed by atoms with van der Waals surface area (Å²) in [5.74, 6) is -0.207. The number of aromatic nitrogens is 1. The number of pyridine rings is 1. The molecule has 1 aromatic heterocycles. The molecule has 1 N–H and O–H groups in total. The number of nitrogens with zero attached hydrogens (tertiary/aromatic N) is 2. The van der Waals surface area contributed by atoms with E-state index in [0.717, 1.165) is 37.1 Å². The van der Waals surface area contributed by atoms with E-state index in [1.807, 2.05) is 6.07 Å². The van der Waals surface area contributed by atoms with Crippen molar-refractivity contribution in [3.63, 3.8) is 0 Å². The molecule has 1 aliphatic carbocycles. The molecule has 0 unspecified atom stereocenters. The molecular formula is C17H20FN3. The molecule has 110 valence electrons. The molecule has 2 heterocycles. The van der Waals surface area contributed by atoms with Crippen LogP contribution in [-0.4, -0.2) is 29.5 Å². The average molecular weight is 285 g/mol. The number of halogens is 1. The highest BCUT2D eigenvalue weighted by atomic mass is 19.1. The van der Waals surface area contributed by atoms with Crippen LogP contribution >= 0.6 is 0 Å². The molecule has 21 heavy (non-hydrogen) atoms. The van der Waals surface area contributed by atoms with Gasteiger partial charge in [0.1, 0.15) is 11.3 Å². The molecule has 1 saturated carbocycles. The maximum absolute atomic E-state index is 14.1. The first-order chi connectivity index (χ1) is 10.2. The van der Waals surface area contributed by atoms with Crippen molar-refractivity contribution in [3.05, 3.63) is 40.8 Å². The maximum atomic E-state index is 14.1. The smallest absolute Gasteiger partial charge is 0.149 e. The van der Waals surface area contributed by atoms with E-state index in [1.165, 1.54) is 30.0 Å². The lowest BCUT2D eigenvalue weighted by Crippen LogP contribution is -2.29. The molecule has 0 spiro atoms. The first-order valence-corrected chi connectivity index (χ1v) is 7.73. The largest absolute Gasteiger partial charge is 0.310 e. The Morgan fingerprint density at radius 2 is 2.24 bits per heavy atom. The van der Waals surface area contributed by atoms with E-state index < -0.39 is 0 Å². The van der Waals surface area contributed by atoms with Gasteiger partial charge in [-0.15, -0.1) is 0 Å². The minimum absolute atomic E-state index is 0.207. The number of nitrogens with one attached hydrogen (secondary N) is 1. The quantitative estimate of drug-likeness (QED) is 0.939. The van der Waals surface area contributed by atoms with Crippen LogP contribution in [0.25, 0.3) is 10.9 Å². The van der Waals surface area contributed by atoms with E-state index in [0.29, 0.717) is 11.6 Å². The standard InChI is InChI=1S/C17H20FN3/c1-21-8-7-16-14(10-21)13(9-19-11-5-6-11)12-3-2-4-15(18)17(12)20-16/h2-4,11,19H,5-10H2,1H3. The minimum Gasteiger partial charge on any atom is -0.310 e. The van der Waals surface area contributed by atoms with Crippen molar-refractivity contribution in [2.45, 2.75) is 38.4 Å². The Morgan fingerprint density at radius 3 is 3.05 bits per heavy atom. The fourth-order valence-corrected chi connectivity index (χ4v) is 3.19. The maximum Gasteiger partial charge on any atom is 0.149 e. The molecule has 4 rings (SSSR count). The number of fused-ring (bicyclic) bond motifs is 2. The number of hydrogen-bond acceptors (Lipinski definition) is 3. The zero-order valence-electron chi connectivity index (χ0n) is 12.3. The predicted octanol–water partition coefficient (Wildman–Crippen LogP) is 2.61. The fraction of sp³-hybridized carbons (Fsp3) is 0.471. The molecule has 1 aromatic carbocycles. The summed E-state index contributed by atoms with van der Waals surface area (Å²) in [6.45, 7) is 2.73. The molecule has 0 atom stereocenters. The lowest BCUT2D eigenvalue weighted by molar-refractivity contribution is 0.308. The van der Waals surface area contributed by atoms with Gasteiger partial charge in [-0.1, -0.05) is 12.1 Å². The van der Waals surface area contributed by atoms with Crippen molar-refractivity contribution >= 4 is 10.9 Å². The second-order valence-corrected chi connectivity index (χ2v) is 6.29. The first kappa shape index (κ1) is 13.2. The highest BCUT2D eigenvalue weighted by Crippen LogP contribution is 2.30. The summed E-state index contributed by atoms with van der Waals surface area (Å²) < 4.78 is 14.1. The molecule has 0 saturated heterocycles. The van der Waals surface area contributed by atoms with E-state index >= 15 is 0 Å². The molecule has 0 bridgehead atoms. The van der Waals surface area contributed by atoms with Crippen molar-refractivity contribution in [2.24, 2.45) is 0 Å². The van der Waals surface area contributed by atoms with E-state index in [9.17, 15) is 4.39 Å². The van der Waals surface area contributed by atoms with Crippen molar-refractivity contribution in [1.82, 2.24) is 15.2 Å². The van der Waals surface area contributed by atoms with Crippen LogP contribution in [0.3, 0.4) is 0 Å². The summed E-state index contributed by atoms with van der Waals surface area (Å²) in [5.41, 5.74) is 4.16. The van der Waals surface area contributed by atoms with Gasteiger partial charge in [-0.25, -0.2) is 9.37 Å². The molecule has 2 aliphatic rings. The first-order valence-electron chi connectivity index (χ1n) is 7.73. The summed E-state index contributed by atoms with van der Waals surface area (Å²) in [6.07, 6.45) is 3.44. The van der Waals surface area contributed by atoms with Gasteiger partial charge in [-0.05, 0) is 37.1 Å². The van der Waals surface area contributed by atoms with Crippen LogP contribution in [0.5, 0.6) is 0 Å². The molecular weight excluding hydrogens is 265 g/mol. The molecule has 1 aliphatic heterocycles. The normalized spacial score (nSPS) is 19.0. The van der Waals surface area contributed by atoms with Gasteiger partial charge in [0.15, 0.2) is 0 Å². The topological polar surface area (TPSA) is 28.2 Å². The zero-order valence-corrected chi connectivity index (χ0v) is 12.3. The van der Waals surface area contributed by atoms with Crippen LogP contribution in [0.4, 0.5) is 4.39 Å². The van der Waals surface area contributed by atoms with E-state index in [2.05, 4.69) is 22.2 Å². The monoisotopic (exact) mass is 285 g/mol. The van der Waals surface area contributed by atoms with Crippen LogP contribution in [0, 0.1) is 5.82 Å². The number of rotatable bonds is 3.